The van der Waals surface area contributed by atoms with Gasteiger partial charge in [-0.1, -0.05) is 55.4 Å². The van der Waals surface area contributed by atoms with Gasteiger partial charge < -0.3 is 19.7 Å². The summed E-state index contributed by atoms with van der Waals surface area (Å²) in [7, 11) is 0. The summed E-state index contributed by atoms with van der Waals surface area (Å²) in [5, 5.41) is 42.0. The maximum Gasteiger partial charge on any atom is 0.181 e. The van der Waals surface area contributed by atoms with E-state index in [0.29, 0.717) is 22.6 Å². The number of hydrogen-bond donors (Lipinski definition) is 2. The number of nitriles is 2. The summed E-state index contributed by atoms with van der Waals surface area (Å²) in [5.74, 6) is 0.572. The molecule has 1 heterocycles. The molecule has 0 radical (unpaired) electrons. The van der Waals surface area contributed by atoms with Crippen LogP contribution in [0.3, 0.4) is 0 Å². The molecule has 2 aromatic rings. The standard InChI is InChI=1S/C37H40N2O4/c1-9-35(7)29-19(15-38)31-32(20(16-39)30(29)36(35,8)10-2)43-28-14-24-22(13-27(28)42-31)34(5,6)18-37(24)17-33(3,4)21-11-25(40)26(41)12-23(21)37/h11-14,27-28,40-41H,9-10,17-18H2,1-8H3. The van der Waals surface area contributed by atoms with E-state index in [-0.39, 0.29) is 38.6 Å². The highest BCUT2D eigenvalue weighted by atomic mass is 16.6. The fraction of sp³-hybridized carbons (Fsp3) is 0.514. The topological polar surface area (TPSA) is 107 Å². The first-order valence-electron chi connectivity index (χ1n) is 15.5. The highest BCUT2D eigenvalue weighted by molar-refractivity contribution is 5.77. The van der Waals surface area contributed by atoms with Gasteiger partial charge >= 0.3 is 0 Å². The second-order valence-electron chi connectivity index (χ2n) is 15.2. The molecule has 5 atom stereocenters. The van der Waals surface area contributed by atoms with Crippen LogP contribution in [0.2, 0.25) is 0 Å². The first kappa shape index (κ1) is 27.9. The second kappa shape index (κ2) is 8.17. The number of phenols is 2. The second-order valence-corrected chi connectivity index (χ2v) is 15.2. The molecule has 5 unspecified atom stereocenters. The molecule has 1 spiro atoms. The van der Waals surface area contributed by atoms with Crippen molar-refractivity contribution in [1.82, 2.24) is 0 Å². The Hall–Kier alpha value is -3.90. The third-order valence-electron chi connectivity index (χ3n) is 12.2. The number of rotatable bonds is 2. The number of allylic oxidation sites excluding steroid dienone is 2. The summed E-state index contributed by atoms with van der Waals surface area (Å²) in [5.41, 5.74) is 6.04. The third kappa shape index (κ3) is 3.07. The molecule has 4 aliphatic carbocycles. The average Bonchev–Trinajstić information content (AvgIpc) is 3.31. The van der Waals surface area contributed by atoms with Gasteiger partial charge in [0.2, 0.25) is 0 Å². The van der Waals surface area contributed by atoms with Crippen molar-refractivity contribution in [2.45, 2.75) is 115 Å². The molecular formula is C37H40N2O4. The maximum atomic E-state index is 10.6. The van der Waals surface area contributed by atoms with Gasteiger partial charge in [-0.2, -0.15) is 10.5 Å². The number of fused-ring (bicyclic) bond motifs is 7. The Kier molecular flexibility index (Phi) is 5.30. The Balaban J connectivity index is 1.42. The first-order chi connectivity index (χ1) is 20.1. The maximum absolute atomic E-state index is 10.6. The van der Waals surface area contributed by atoms with E-state index in [0.717, 1.165) is 47.9 Å². The molecule has 222 valence electrons. The third-order valence-corrected chi connectivity index (χ3v) is 12.2. The first-order valence-corrected chi connectivity index (χ1v) is 15.5. The number of ether oxygens (including phenoxy) is 2. The monoisotopic (exact) mass is 576 g/mol. The quantitative estimate of drug-likeness (QED) is 0.356. The molecule has 0 amide bonds. The van der Waals surface area contributed by atoms with Gasteiger partial charge in [0, 0.05) is 16.2 Å². The Morgan fingerprint density at radius 3 is 1.63 bits per heavy atom. The van der Waals surface area contributed by atoms with E-state index in [1.165, 1.54) is 11.1 Å². The van der Waals surface area contributed by atoms with Gasteiger partial charge in [-0.15, -0.1) is 0 Å². The molecule has 0 bridgehead atoms. The van der Waals surface area contributed by atoms with Crippen molar-refractivity contribution < 1.29 is 19.7 Å². The molecule has 1 fully saturated rings. The summed E-state index contributed by atoms with van der Waals surface area (Å²) in [6.07, 6.45) is 6.81. The predicted molar refractivity (Wildman–Crippen MR) is 164 cm³/mol. The van der Waals surface area contributed by atoms with Crippen LogP contribution < -0.4 is 9.47 Å². The minimum absolute atomic E-state index is 0.0950. The van der Waals surface area contributed by atoms with Crippen molar-refractivity contribution in [2.75, 3.05) is 0 Å². The smallest absolute Gasteiger partial charge is 0.181 e. The Morgan fingerprint density at radius 2 is 1.16 bits per heavy atom. The number of nitrogens with zero attached hydrogens (tertiary/aromatic N) is 2. The zero-order chi connectivity index (χ0) is 31.1. The lowest BCUT2D eigenvalue weighted by Gasteiger charge is -2.58. The molecule has 1 saturated carbocycles. The summed E-state index contributed by atoms with van der Waals surface area (Å²) in [6.45, 7) is 17.6. The van der Waals surface area contributed by atoms with Crippen LogP contribution in [-0.4, -0.2) is 22.4 Å². The summed E-state index contributed by atoms with van der Waals surface area (Å²) in [4.78, 5) is 0. The molecule has 6 nitrogen and oxygen atoms in total. The van der Waals surface area contributed by atoms with Gasteiger partial charge in [0.25, 0.3) is 0 Å². The van der Waals surface area contributed by atoms with Crippen molar-refractivity contribution in [3.05, 3.63) is 68.8 Å². The lowest BCUT2D eigenvalue weighted by Crippen LogP contribution is -2.56. The van der Waals surface area contributed by atoms with Crippen molar-refractivity contribution >= 4 is 0 Å². The van der Waals surface area contributed by atoms with Gasteiger partial charge in [-0.3, -0.25) is 0 Å². The van der Waals surface area contributed by atoms with Crippen molar-refractivity contribution in [2.24, 2.45) is 5.41 Å². The number of hydrogen-bond acceptors (Lipinski definition) is 6. The molecule has 1 aliphatic heterocycles. The van der Waals surface area contributed by atoms with Gasteiger partial charge in [0.1, 0.15) is 23.3 Å². The Labute approximate surface area is 254 Å². The van der Waals surface area contributed by atoms with Crippen LogP contribution in [0.5, 0.6) is 23.0 Å². The number of phenolic OH excluding ortho intramolecular Hbond substituents is 2. The van der Waals surface area contributed by atoms with E-state index in [1.54, 1.807) is 12.1 Å². The van der Waals surface area contributed by atoms with E-state index in [1.807, 2.05) is 0 Å². The Morgan fingerprint density at radius 1 is 0.721 bits per heavy atom. The van der Waals surface area contributed by atoms with Crippen LogP contribution in [0, 0.1) is 28.1 Å². The fourth-order valence-electron chi connectivity index (χ4n) is 9.87. The van der Waals surface area contributed by atoms with Gasteiger partial charge in [-0.25, -0.2) is 0 Å². The van der Waals surface area contributed by atoms with Crippen molar-refractivity contribution in [1.29, 1.82) is 10.5 Å². The van der Waals surface area contributed by atoms with Crippen molar-refractivity contribution in [3.63, 3.8) is 0 Å². The van der Waals surface area contributed by atoms with E-state index < -0.39 is 12.2 Å². The van der Waals surface area contributed by atoms with Gasteiger partial charge in [-0.05, 0) is 94.2 Å². The van der Waals surface area contributed by atoms with Crippen LogP contribution >= 0.6 is 0 Å². The summed E-state index contributed by atoms with van der Waals surface area (Å²) in [6, 6.07) is 8.39. The molecule has 43 heavy (non-hydrogen) atoms. The SMILES string of the molecule is CCC1(C)c2c(C#N)c3c(c(C#N)c2C1(C)CC)OC1C=C2C(=CC1O3)C(C)(C)CC21CC(C)(C)c2cc(O)c(O)cc21. The van der Waals surface area contributed by atoms with Crippen LogP contribution in [0.1, 0.15) is 114 Å². The van der Waals surface area contributed by atoms with Crippen LogP contribution in [0.15, 0.2) is 35.4 Å². The van der Waals surface area contributed by atoms with E-state index in [2.05, 4.69) is 79.7 Å². The van der Waals surface area contributed by atoms with Gasteiger partial charge in [0.05, 0.1) is 0 Å². The van der Waals surface area contributed by atoms with E-state index >= 15 is 0 Å². The minimum atomic E-state index is -0.475. The normalized spacial score (nSPS) is 33.2. The molecule has 7 rings (SSSR count). The minimum Gasteiger partial charge on any atom is -0.504 e. The molecule has 2 N–H and O–H groups in total. The lowest BCUT2D eigenvalue weighted by atomic mass is 9.44. The van der Waals surface area contributed by atoms with Crippen LogP contribution in [0.4, 0.5) is 0 Å². The van der Waals surface area contributed by atoms with Gasteiger partial charge in [0.15, 0.2) is 35.2 Å². The van der Waals surface area contributed by atoms with Crippen LogP contribution in [-0.2, 0) is 21.7 Å². The summed E-state index contributed by atoms with van der Waals surface area (Å²) >= 11 is 0. The molecule has 0 aromatic heterocycles. The highest BCUT2D eigenvalue weighted by Gasteiger charge is 2.62. The Bertz CT molecular complexity index is 1800. The zero-order valence-corrected chi connectivity index (χ0v) is 26.4. The largest absolute Gasteiger partial charge is 0.504 e. The molecule has 5 aliphatic rings. The van der Waals surface area contributed by atoms with Crippen molar-refractivity contribution in [3.8, 4) is 35.1 Å². The highest BCUT2D eigenvalue weighted by Crippen LogP contribution is 2.69. The van der Waals surface area contributed by atoms with E-state index in [4.69, 9.17) is 9.47 Å². The van der Waals surface area contributed by atoms with E-state index in [9.17, 15) is 20.7 Å². The predicted octanol–water partition coefficient (Wildman–Crippen LogP) is 7.61. The molecule has 2 aromatic carbocycles. The average molecular weight is 577 g/mol. The number of benzene rings is 2. The number of aromatic hydroxyl groups is 2. The lowest BCUT2D eigenvalue weighted by molar-refractivity contribution is 0.0697. The fourth-order valence-corrected chi connectivity index (χ4v) is 9.87. The van der Waals surface area contributed by atoms with Crippen LogP contribution in [0.25, 0.3) is 0 Å². The molecule has 0 saturated heterocycles. The zero-order valence-electron chi connectivity index (χ0n) is 26.4. The molecular weight excluding hydrogens is 536 g/mol. The molecule has 6 heteroatoms. The summed E-state index contributed by atoms with van der Waals surface area (Å²) < 4.78 is 13.5.